The van der Waals surface area contributed by atoms with Gasteiger partial charge in [-0.25, -0.2) is 0 Å². The van der Waals surface area contributed by atoms with Crippen molar-refractivity contribution < 1.29 is 0 Å². The molecule has 20 heavy (non-hydrogen) atoms. The molecule has 0 atom stereocenters. The molecule has 0 saturated heterocycles. The molecular formula is C16H24N4. The first-order valence-electron chi connectivity index (χ1n) is 7.63. The van der Waals surface area contributed by atoms with E-state index in [-0.39, 0.29) is 0 Å². The Morgan fingerprint density at radius 2 is 1.80 bits per heavy atom. The summed E-state index contributed by atoms with van der Waals surface area (Å²) in [5.41, 5.74) is 2.40. The SMILES string of the molecule is CCC1CCC(CNc2nnc(C)c(C)c2C#N)CC1. The average molecular weight is 272 g/mol. The van der Waals surface area contributed by atoms with Crippen LogP contribution in [0.1, 0.15) is 55.8 Å². The van der Waals surface area contributed by atoms with Crippen LogP contribution in [0.25, 0.3) is 0 Å². The van der Waals surface area contributed by atoms with Crippen molar-refractivity contribution >= 4 is 5.82 Å². The minimum Gasteiger partial charge on any atom is -0.367 e. The van der Waals surface area contributed by atoms with Gasteiger partial charge in [0.2, 0.25) is 0 Å². The van der Waals surface area contributed by atoms with Crippen molar-refractivity contribution in [3.8, 4) is 6.07 Å². The van der Waals surface area contributed by atoms with Gasteiger partial charge in [0.05, 0.1) is 5.69 Å². The van der Waals surface area contributed by atoms with E-state index in [0.717, 1.165) is 23.7 Å². The molecule has 0 amide bonds. The highest BCUT2D eigenvalue weighted by molar-refractivity contribution is 5.55. The molecule has 0 aromatic carbocycles. The van der Waals surface area contributed by atoms with Crippen LogP contribution < -0.4 is 5.32 Å². The fourth-order valence-corrected chi connectivity index (χ4v) is 2.95. The largest absolute Gasteiger partial charge is 0.367 e. The molecular weight excluding hydrogens is 248 g/mol. The van der Waals surface area contributed by atoms with E-state index in [4.69, 9.17) is 0 Å². The zero-order valence-corrected chi connectivity index (χ0v) is 12.7. The molecule has 4 heteroatoms. The Morgan fingerprint density at radius 3 is 2.40 bits per heavy atom. The summed E-state index contributed by atoms with van der Waals surface area (Å²) in [6.45, 7) is 7.01. The van der Waals surface area contributed by atoms with Gasteiger partial charge in [0, 0.05) is 6.54 Å². The number of hydrogen-bond donors (Lipinski definition) is 1. The van der Waals surface area contributed by atoms with Crippen LogP contribution in [0.2, 0.25) is 0 Å². The fraction of sp³-hybridized carbons (Fsp3) is 0.688. The fourth-order valence-electron chi connectivity index (χ4n) is 2.95. The lowest BCUT2D eigenvalue weighted by Gasteiger charge is -2.28. The number of hydrogen-bond acceptors (Lipinski definition) is 4. The quantitative estimate of drug-likeness (QED) is 0.909. The van der Waals surface area contributed by atoms with Crippen molar-refractivity contribution in [1.29, 1.82) is 5.26 Å². The van der Waals surface area contributed by atoms with Crippen molar-refractivity contribution in [2.45, 2.75) is 52.9 Å². The second-order valence-corrected chi connectivity index (χ2v) is 5.92. The van der Waals surface area contributed by atoms with Crippen LogP contribution in [0.15, 0.2) is 0 Å². The predicted octanol–water partition coefficient (Wildman–Crippen LogP) is 3.59. The lowest BCUT2D eigenvalue weighted by atomic mass is 9.81. The number of anilines is 1. The van der Waals surface area contributed by atoms with Crippen LogP contribution in [-0.4, -0.2) is 16.7 Å². The lowest BCUT2D eigenvalue weighted by molar-refractivity contribution is 0.278. The van der Waals surface area contributed by atoms with E-state index < -0.39 is 0 Å². The monoisotopic (exact) mass is 272 g/mol. The zero-order valence-electron chi connectivity index (χ0n) is 12.7. The van der Waals surface area contributed by atoms with Gasteiger partial charge in [-0.2, -0.15) is 10.4 Å². The van der Waals surface area contributed by atoms with Gasteiger partial charge in [0.15, 0.2) is 5.82 Å². The Bertz CT molecular complexity index is 496. The predicted molar refractivity (Wildman–Crippen MR) is 80.4 cm³/mol. The number of aromatic nitrogens is 2. The normalized spacial score (nSPS) is 22.3. The molecule has 0 bridgehead atoms. The van der Waals surface area contributed by atoms with Gasteiger partial charge in [-0.1, -0.05) is 26.2 Å². The topological polar surface area (TPSA) is 61.6 Å². The zero-order chi connectivity index (χ0) is 14.5. The van der Waals surface area contributed by atoms with Crippen molar-refractivity contribution in [3.63, 3.8) is 0 Å². The summed E-state index contributed by atoms with van der Waals surface area (Å²) in [5.74, 6) is 2.27. The van der Waals surface area contributed by atoms with E-state index in [1.165, 1.54) is 32.1 Å². The molecule has 1 N–H and O–H groups in total. The van der Waals surface area contributed by atoms with Gasteiger partial charge >= 0.3 is 0 Å². The van der Waals surface area contributed by atoms with E-state index in [9.17, 15) is 5.26 Å². The highest BCUT2D eigenvalue weighted by atomic mass is 15.2. The van der Waals surface area contributed by atoms with Crippen LogP contribution in [0.4, 0.5) is 5.82 Å². The Morgan fingerprint density at radius 1 is 1.15 bits per heavy atom. The molecule has 0 aliphatic heterocycles. The standard InChI is InChI=1S/C16H24N4/c1-4-13-5-7-14(8-6-13)10-18-16-15(9-17)11(2)12(3)19-20-16/h13-14H,4-8,10H2,1-3H3,(H,18,20). The Hall–Kier alpha value is -1.63. The summed E-state index contributed by atoms with van der Waals surface area (Å²) in [4.78, 5) is 0. The highest BCUT2D eigenvalue weighted by Gasteiger charge is 2.20. The van der Waals surface area contributed by atoms with Crippen LogP contribution in [-0.2, 0) is 0 Å². The van der Waals surface area contributed by atoms with E-state index in [2.05, 4.69) is 28.5 Å². The molecule has 0 unspecified atom stereocenters. The molecule has 1 aromatic heterocycles. The summed E-state index contributed by atoms with van der Waals surface area (Å²) in [6, 6.07) is 2.24. The third-order valence-corrected chi connectivity index (χ3v) is 4.67. The van der Waals surface area contributed by atoms with Gasteiger partial charge in [0.25, 0.3) is 0 Å². The molecule has 1 aliphatic carbocycles. The van der Waals surface area contributed by atoms with Gasteiger partial charge in [-0.05, 0) is 44.1 Å². The lowest BCUT2D eigenvalue weighted by Crippen LogP contribution is -2.22. The smallest absolute Gasteiger partial charge is 0.166 e. The summed E-state index contributed by atoms with van der Waals surface area (Å²) in [6.07, 6.45) is 6.55. The van der Waals surface area contributed by atoms with E-state index in [1.54, 1.807) is 0 Å². The van der Waals surface area contributed by atoms with E-state index in [1.807, 2.05) is 13.8 Å². The second kappa shape index (κ2) is 6.69. The summed E-state index contributed by atoms with van der Waals surface area (Å²) >= 11 is 0. The van der Waals surface area contributed by atoms with Crippen LogP contribution in [0.3, 0.4) is 0 Å². The van der Waals surface area contributed by atoms with Crippen molar-refractivity contribution in [2.24, 2.45) is 11.8 Å². The maximum atomic E-state index is 9.27. The molecule has 1 heterocycles. The minimum absolute atomic E-state index is 0.639. The summed E-state index contributed by atoms with van der Waals surface area (Å²) in [5, 5.41) is 20.9. The maximum Gasteiger partial charge on any atom is 0.166 e. The first kappa shape index (κ1) is 14.8. The molecule has 4 nitrogen and oxygen atoms in total. The first-order chi connectivity index (χ1) is 9.65. The molecule has 1 fully saturated rings. The number of nitriles is 1. The molecule has 1 aliphatic rings. The number of nitrogens with zero attached hydrogens (tertiary/aromatic N) is 3. The molecule has 2 rings (SSSR count). The van der Waals surface area contributed by atoms with Crippen LogP contribution >= 0.6 is 0 Å². The Kier molecular flexibility index (Phi) is 4.94. The molecule has 1 aromatic rings. The molecule has 0 spiro atoms. The Balaban J connectivity index is 1.95. The van der Waals surface area contributed by atoms with Gasteiger partial charge in [-0.3, -0.25) is 0 Å². The molecule has 108 valence electrons. The molecule has 0 radical (unpaired) electrons. The Labute approximate surface area is 121 Å². The first-order valence-corrected chi connectivity index (χ1v) is 7.63. The maximum absolute atomic E-state index is 9.27. The van der Waals surface area contributed by atoms with Gasteiger partial charge in [0.1, 0.15) is 11.6 Å². The van der Waals surface area contributed by atoms with E-state index >= 15 is 0 Å². The van der Waals surface area contributed by atoms with Crippen molar-refractivity contribution in [2.75, 3.05) is 11.9 Å². The average Bonchev–Trinajstić information content (AvgIpc) is 2.49. The summed E-state index contributed by atoms with van der Waals surface area (Å²) in [7, 11) is 0. The highest BCUT2D eigenvalue weighted by Crippen LogP contribution is 2.30. The van der Waals surface area contributed by atoms with Crippen LogP contribution in [0, 0.1) is 37.0 Å². The van der Waals surface area contributed by atoms with Gasteiger partial charge in [-0.15, -0.1) is 5.10 Å². The number of rotatable bonds is 4. The van der Waals surface area contributed by atoms with Crippen LogP contribution in [0.5, 0.6) is 0 Å². The third kappa shape index (κ3) is 3.27. The van der Waals surface area contributed by atoms with Gasteiger partial charge < -0.3 is 5.32 Å². The van der Waals surface area contributed by atoms with E-state index in [0.29, 0.717) is 17.3 Å². The third-order valence-electron chi connectivity index (χ3n) is 4.67. The molecule has 1 saturated carbocycles. The summed E-state index contributed by atoms with van der Waals surface area (Å²) < 4.78 is 0. The van der Waals surface area contributed by atoms with Crippen molar-refractivity contribution in [1.82, 2.24) is 10.2 Å². The second-order valence-electron chi connectivity index (χ2n) is 5.92. The minimum atomic E-state index is 0.639. The number of aryl methyl sites for hydroxylation is 1. The number of nitrogens with one attached hydrogen (secondary N) is 1. The van der Waals surface area contributed by atoms with Crippen molar-refractivity contribution in [3.05, 3.63) is 16.8 Å².